The summed E-state index contributed by atoms with van der Waals surface area (Å²) in [5, 5.41) is 0.647. The Labute approximate surface area is 115 Å². The van der Waals surface area contributed by atoms with E-state index < -0.39 is 5.91 Å². The van der Waals surface area contributed by atoms with Crippen molar-refractivity contribution in [1.82, 2.24) is 5.43 Å². The zero-order valence-electron chi connectivity index (χ0n) is 10.3. The fourth-order valence-electron chi connectivity index (χ4n) is 1.54. The number of nitrogens with two attached hydrogens (primary N) is 1. The Bertz CT molecular complexity index is 578. The van der Waals surface area contributed by atoms with Gasteiger partial charge in [-0.15, -0.1) is 0 Å². The van der Waals surface area contributed by atoms with Crippen LogP contribution in [-0.2, 0) is 6.61 Å². The Kier molecular flexibility index (Phi) is 4.09. The van der Waals surface area contributed by atoms with Gasteiger partial charge in [0.1, 0.15) is 18.1 Å². The van der Waals surface area contributed by atoms with Gasteiger partial charge in [-0.3, -0.25) is 10.2 Å². The van der Waals surface area contributed by atoms with Gasteiger partial charge in [0.25, 0.3) is 0 Å². The summed E-state index contributed by atoms with van der Waals surface area (Å²) in [6.45, 7) is 2.06. The average molecular weight is 281 g/mol. The SMILES string of the molecule is Cc1oc(C(=O)NN)cc1COc1ccc(Cl)cc1. The number of aryl methyl sites for hydroxylation is 1. The first kappa shape index (κ1) is 13.5. The van der Waals surface area contributed by atoms with E-state index in [2.05, 4.69) is 0 Å². The second-order valence-corrected chi connectivity index (χ2v) is 4.34. The van der Waals surface area contributed by atoms with Crippen LogP contribution in [0.5, 0.6) is 5.75 Å². The zero-order chi connectivity index (χ0) is 13.8. The number of hydrogen-bond donors (Lipinski definition) is 2. The summed E-state index contributed by atoms with van der Waals surface area (Å²) in [7, 11) is 0. The molecule has 0 saturated heterocycles. The first-order valence-corrected chi connectivity index (χ1v) is 5.96. The molecule has 1 amide bonds. The van der Waals surface area contributed by atoms with Gasteiger partial charge in [-0.05, 0) is 37.3 Å². The maximum Gasteiger partial charge on any atom is 0.300 e. The Hall–Kier alpha value is -1.98. The highest BCUT2D eigenvalue weighted by molar-refractivity contribution is 6.30. The van der Waals surface area contributed by atoms with E-state index in [-0.39, 0.29) is 5.76 Å². The van der Waals surface area contributed by atoms with E-state index in [4.69, 9.17) is 26.6 Å². The van der Waals surface area contributed by atoms with Crippen molar-refractivity contribution in [3.05, 3.63) is 52.4 Å². The average Bonchev–Trinajstić information content (AvgIpc) is 2.79. The molecule has 0 atom stereocenters. The second kappa shape index (κ2) is 5.77. The molecule has 0 bridgehead atoms. The van der Waals surface area contributed by atoms with E-state index >= 15 is 0 Å². The largest absolute Gasteiger partial charge is 0.489 e. The number of benzene rings is 1. The lowest BCUT2D eigenvalue weighted by atomic mass is 10.2. The maximum absolute atomic E-state index is 11.3. The van der Waals surface area contributed by atoms with Crippen LogP contribution in [0.25, 0.3) is 0 Å². The molecule has 0 fully saturated rings. The van der Waals surface area contributed by atoms with Gasteiger partial charge >= 0.3 is 5.91 Å². The first-order chi connectivity index (χ1) is 9.10. The highest BCUT2D eigenvalue weighted by atomic mass is 35.5. The lowest BCUT2D eigenvalue weighted by Crippen LogP contribution is -2.29. The quantitative estimate of drug-likeness (QED) is 0.512. The van der Waals surface area contributed by atoms with Gasteiger partial charge in [-0.25, -0.2) is 5.84 Å². The molecule has 19 heavy (non-hydrogen) atoms. The van der Waals surface area contributed by atoms with Crippen LogP contribution in [-0.4, -0.2) is 5.91 Å². The fourth-order valence-corrected chi connectivity index (χ4v) is 1.66. The van der Waals surface area contributed by atoms with Crippen molar-refractivity contribution in [1.29, 1.82) is 0 Å². The normalized spacial score (nSPS) is 10.3. The van der Waals surface area contributed by atoms with Crippen LogP contribution in [0.4, 0.5) is 0 Å². The molecule has 5 nitrogen and oxygen atoms in total. The number of carbonyl (C=O) groups excluding carboxylic acids is 1. The van der Waals surface area contributed by atoms with E-state index in [0.29, 0.717) is 23.1 Å². The Morgan fingerprint density at radius 3 is 2.74 bits per heavy atom. The molecule has 0 radical (unpaired) electrons. The highest BCUT2D eigenvalue weighted by Gasteiger charge is 2.13. The van der Waals surface area contributed by atoms with Gasteiger partial charge < -0.3 is 9.15 Å². The number of halogens is 1. The summed E-state index contributed by atoms with van der Waals surface area (Å²) < 4.78 is 10.9. The zero-order valence-corrected chi connectivity index (χ0v) is 11.0. The molecule has 0 aliphatic carbocycles. The van der Waals surface area contributed by atoms with Crippen molar-refractivity contribution in [2.45, 2.75) is 13.5 Å². The Balaban J connectivity index is 2.05. The minimum absolute atomic E-state index is 0.162. The highest BCUT2D eigenvalue weighted by Crippen LogP contribution is 2.19. The van der Waals surface area contributed by atoms with Crippen molar-refractivity contribution in [3.63, 3.8) is 0 Å². The molecule has 2 aromatic rings. The van der Waals surface area contributed by atoms with Crippen LogP contribution in [0, 0.1) is 6.92 Å². The van der Waals surface area contributed by atoms with Crippen LogP contribution in [0.1, 0.15) is 21.9 Å². The van der Waals surface area contributed by atoms with Crippen LogP contribution < -0.4 is 16.0 Å². The summed E-state index contributed by atoms with van der Waals surface area (Å²) in [5.41, 5.74) is 2.80. The summed E-state index contributed by atoms with van der Waals surface area (Å²) in [4.78, 5) is 11.3. The third-order valence-electron chi connectivity index (χ3n) is 2.58. The van der Waals surface area contributed by atoms with Crippen LogP contribution in [0.15, 0.2) is 34.7 Å². The molecule has 1 aromatic carbocycles. The number of amides is 1. The number of furan rings is 1. The van der Waals surface area contributed by atoms with Gasteiger partial charge in [0.15, 0.2) is 5.76 Å². The summed E-state index contributed by atoms with van der Waals surface area (Å²) in [5.74, 6) is 6.04. The molecule has 1 heterocycles. The maximum atomic E-state index is 11.3. The number of hydrogen-bond acceptors (Lipinski definition) is 4. The summed E-state index contributed by atoms with van der Waals surface area (Å²) >= 11 is 5.78. The van der Waals surface area contributed by atoms with Crippen LogP contribution in [0.3, 0.4) is 0 Å². The number of nitrogen functional groups attached to an aromatic ring is 1. The predicted molar refractivity (Wildman–Crippen MR) is 70.9 cm³/mol. The van der Waals surface area contributed by atoms with E-state index in [1.807, 2.05) is 5.43 Å². The minimum atomic E-state index is -0.471. The molecule has 0 spiro atoms. The third-order valence-corrected chi connectivity index (χ3v) is 2.84. The van der Waals surface area contributed by atoms with Crippen molar-refractivity contribution in [3.8, 4) is 5.75 Å². The number of ether oxygens (including phenoxy) is 1. The van der Waals surface area contributed by atoms with Crippen LogP contribution in [0.2, 0.25) is 5.02 Å². The summed E-state index contributed by atoms with van der Waals surface area (Å²) in [6.07, 6.45) is 0. The van der Waals surface area contributed by atoms with Gasteiger partial charge in [0.2, 0.25) is 0 Å². The molecule has 2 rings (SSSR count). The third kappa shape index (κ3) is 3.27. The number of rotatable bonds is 4. The molecule has 1 aromatic heterocycles. The lowest BCUT2D eigenvalue weighted by molar-refractivity contribution is 0.0924. The lowest BCUT2D eigenvalue weighted by Gasteiger charge is -2.04. The van der Waals surface area contributed by atoms with E-state index in [1.165, 1.54) is 0 Å². The topological polar surface area (TPSA) is 77.5 Å². The molecule has 0 unspecified atom stereocenters. The van der Waals surface area contributed by atoms with E-state index in [1.54, 1.807) is 37.3 Å². The number of carbonyl (C=O) groups is 1. The second-order valence-electron chi connectivity index (χ2n) is 3.91. The Morgan fingerprint density at radius 1 is 1.42 bits per heavy atom. The Morgan fingerprint density at radius 2 is 2.11 bits per heavy atom. The van der Waals surface area contributed by atoms with Crippen LogP contribution >= 0.6 is 11.6 Å². The number of nitrogens with one attached hydrogen (secondary N) is 1. The molecular weight excluding hydrogens is 268 g/mol. The standard InChI is InChI=1S/C13H13ClN2O3/c1-8-9(6-12(19-8)13(17)16-15)7-18-11-4-2-10(14)3-5-11/h2-6H,7,15H2,1H3,(H,16,17). The predicted octanol–water partition coefficient (Wildman–Crippen LogP) is 2.42. The summed E-state index contributed by atoms with van der Waals surface area (Å²) in [6, 6.07) is 8.63. The van der Waals surface area contributed by atoms with Crippen molar-refractivity contribution >= 4 is 17.5 Å². The smallest absolute Gasteiger partial charge is 0.300 e. The molecule has 0 aliphatic rings. The number of hydrazine groups is 1. The van der Waals surface area contributed by atoms with E-state index in [0.717, 1.165) is 5.56 Å². The van der Waals surface area contributed by atoms with Gasteiger partial charge in [-0.2, -0.15) is 0 Å². The first-order valence-electron chi connectivity index (χ1n) is 5.59. The monoisotopic (exact) mass is 280 g/mol. The van der Waals surface area contributed by atoms with Crippen molar-refractivity contribution in [2.75, 3.05) is 0 Å². The molecular formula is C13H13ClN2O3. The van der Waals surface area contributed by atoms with Crippen molar-refractivity contribution in [2.24, 2.45) is 5.84 Å². The van der Waals surface area contributed by atoms with Crippen molar-refractivity contribution < 1.29 is 13.9 Å². The van der Waals surface area contributed by atoms with Gasteiger partial charge in [-0.1, -0.05) is 11.6 Å². The van der Waals surface area contributed by atoms with E-state index in [9.17, 15) is 4.79 Å². The molecule has 0 aliphatic heterocycles. The molecule has 6 heteroatoms. The molecule has 100 valence electrons. The molecule has 0 saturated carbocycles. The minimum Gasteiger partial charge on any atom is -0.489 e. The van der Waals surface area contributed by atoms with Gasteiger partial charge in [0, 0.05) is 10.6 Å². The van der Waals surface area contributed by atoms with Gasteiger partial charge in [0.05, 0.1) is 0 Å². The fraction of sp³-hybridized carbons (Fsp3) is 0.154. The molecule has 3 N–H and O–H groups in total.